The summed E-state index contributed by atoms with van der Waals surface area (Å²) in [6.45, 7) is 1.85. The van der Waals surface area contributed by atoms with E-state index in [9.17, 15) is 4.79 Å². The molecule has 13 heavy (non-hydrogen) atoms. The first-order chi connectivity index (χ1) is 6.25. The second-order valence-corrected chi connectivity index (χ2v) is 3.09. The van der Waals surface area contributed by atoms with Crippen molar-refractivity contribution in [3.8, 4) is 5.75 Å². The summed E-state index contributed by atoms with van der Waals surface area (Å²) < 4.78 is 9.90. The van der Waals surface area contributed by atoms with Crippen molar-refractivity contribution in [3.63, 3.8) is 0 Å². The van der Waals surface area contributed by atoms with Gasteiger partial charge in [0.25, 0.3) is 0 Å². The summed E-state index contributed by atoms with van der Waals surface area (Å²) in [6, 6.07) is 7.47. The predicted molar refractivity (Wildman–Crippen MR) is 46.7 cm³/mol. The van der Waals surface area contributed by atoms with Crippen molar-refractivity contribution in [1.29, 1.82) is 0 Å². The van der Waals surface area contributed by atoms with Crippen LogP contribution in [0.15, 0.2) is 24.3 Å². The minimum atomic E-state index is -0.613. The maximum Gasteiger partial charge on any atom is 0.514 e. The van der Waals surface area contributed by atoms with Crippen LogP contribution in [-0.4, -0.2) is 12.3 Å². The van der Waals surface area contributed by atoms with Gasteiger partial charge in [-0.3, -0.25) is 0 Å². The lowest BCUT2D eigenvalue weighted by molar-refractivity contribution is 0.0733. The Morgan fingerprint density at radius 1 is 1.38 bits per heavy atom. The smallest absolute Gasteiger partial charge is 0.431 e. The number of rotatable bonds is 0. The third-order valence-electron chi connectivity index (χ3n) is 1.97. The molecule has 1 aliphatic rings. The second-order valence-electron chi connectivity index (χ2n) is 3.09. The summed E-state index contributed by atoms with van der Waals surface area (Å²) in [5.41, 5.74) is 1.01. The summed E-state index contributed by atoms with van der Waals surface area (Å²) >= 11 is 0. The highest BCUT2D eigenvalue weighted by Gasteiger charge is 2.19. The van der Waals surface area contributed by atoms with Crippen molar-refractivity contribution in [2.45, 2.75) is 19.4 Å². The Morgan fingerprint density at radius 2 is 2.15 bits per heavy atom. The number of carbonyl (C=O) groups excluding carboxylic acids is 1. The molecular weight excluding hydrogens is 168 g/mol. The maximum absolute atomic E-state index is 11.0. The number of hydrogen-bond acceptors (Lipinski definition) is 3. The van der Waals surface area contributed by atoms with Crippen LogP contribution in [0, 0.1) is 0 Å². The van der Waals surface area contributed by atoms with E-state index in [4.69, 9.17) is 9.47 Å². The van der Waals surface area contributed by atoms with Crippen molar-refractivity contribution in [2.75, 3.05) is 0 Å². The molecule has 0 fully saturated rings. The van der Waals surface area contributed by atoms with Gasteiger partial charge in [0.1, 0.15) is 11.9 Å². The van der Waals surface area contributed by atoms with Crippen LogP contribution in [0.2, 0.25) is 0 Å². The number of benzene rings is 1. The van der Waals surface area contributed by atoms with Gasteiger partial charge in [0.15, 0.2) is 0 Å². The van der Waals surface area contributed by atoms with Crippen LogP contribution in [-0.2, 0) is 11.2 Å². The Morgan fingerprint density at radius 3 is 3.00 bits per heavy atom. The average Bonchev–Trinajstić information content (AvgIpc) is 2.20. The van der Waals surface area contributed by atoms with Gasteiger partial charge in [-0.05, 0) is 18.6 Å². The van der Waals surface area contributed by atoms with Gasteiger partial charge in [0.05, 0.1) is 0 Å². The van der Waals surface area contributed by atoms with Crippen molar-refractivity contribution in [1.82, 2.24) is 0 Å². The van der Waals surface area contributed by atoms with Gasteiger partial charge >= 0.3 is 6.16 Å². The van der Waals surface area contributed by atoms with Crippen molar-refractivity contribution in [2.24, 2.45) is 0 Å². The monoisotopic (exact) mass is 178 g/mol. The van der Waals surface area contributed by atoms with E-state index in [0.29, 0.717) is 12.2 Å². The zero-order valence-electron chi connectivity index (χ0n) is 7.32. The molecular formula is C10H10O3. The van der Waals surface area contributed by atoms with Gasteiger partial charge in [0, 0.05) is 6.42 Å². The minimum Gasteiger partial charge on any atom is -0.431 e. The minimum absolute atomic E-state index is 0.115. The third kappa shape index (κ3) is 1.64. The molecule has 1 aromatic rings. The molecule has 1 unspecified atom stereocenters. The number of ether oxygens (including phenoxy) is 2. The van der Waals surface area contributed by atoms with E-state index >= 15 is 0 Å². The van der Waals surface area contributed by atoms with Crippen LogP contribution in [0.5, 0.6) is 5.75 Å². The van der Waals surface area contributed by atoms with Gasteiger partial charge < -0.3 is 9.47 Å². The van der Waals surface area contributed by atoms with E-state index < -0.39 is 6.16 Å². The fourth-order valence-electron chi connectivity index (χ4n) is 1.40. The van der Waals surface area contributed by atoms with Gasteiger partial charge in [-0.15, -0.1) is 0 Å². The number of para-hydroxylation sites is 1. The quantitative estimate of drug-likeness (QED) is 0.451. The van der Waals surface area contributed by atoms with E-state index in [-0.39, 0.29) is 6.10 Å². The lowest BCUT2D eigenvalue weighted by atomic mass is 10.1. The second kappa shape index (κ2) is 3.09. The first-order valence-electron chi connectivity index (χ1n) is 4.22. The zero-order chi connectivity index (χ0) is 9.26. The SMILES string of the molecule is CC1Cc2ccccc2OC(=O)O1. The molecule has 0 N–H and O–H groups in total. The van der Waals surface area contributed by atoms with Crippen molar-refractivity contribution < 1.29 is 14.3 Å². The van der Waals surface area contributed by atoms with E-state index in [2.05, 4.69) is 0 Å². The molecule has 0 saturated carbocycles. The standard InChI is InChI=1S/C10H10O3/c1-7-6-8-4-2-3-5-9(8)13-10(11)12-7/h2-5,7H,6H2,1H3. The largest absolute Gasteiger partial charge is 0.514 e. The predicted octanol–water partition coefficient (Wildman–Crippen LogP) is 2.15. The summed E-state index contributed by atoms with van der Waals surface area (Å²) in [6.07, 6.45) is -0.0179. The highest BCUT2D eigenvalue weighted by molar-refractivity contribution is 5.65. The highest BCUT2D eigenvalue weighted by Crippen LogP contribution is 2.23. The zero-order valence-corrected chi connectivity index (χ0v) is 7.32. The molecule has 0 bridgehead atoms. The van der Waals surface area contributed by atoms with Crippen LogP contribution in [0.4, 0.5) is 4.79 Å². The number of fused-ring (bicyclic) bond motifs is 1. The highest BCUT2D eigenvalue weighted by atomic mass is 16.7. The summed E-state index contributed by atoms with van der Waals surface area (Å²) in [5, 5.41) is 0. The molecule has 0 aromatic heterocycles. The molecule has 1 aromatic carbocycles. The average molecular weight is 178 g/mol. The van der Waals surface area contributed by atoms with Crippen molar-refractivity contribution in [3.05, 3.63) is 29.8 Å². The number of cyclic esters (lactones) is 1. The molecule has 0 amide bonds. The normalized spacial score (nSPS) is 21.0. The van der Waals surface area contributed by atoms with Gasteiger partial charge in [0.2, 0.25) is 0 Å². The Kier molecular flexibility index (Phi) is 1.93. The van der Waals surface area contributed by atoms with E-state index in [0.717, 1.165) is 5.56 Å². The third-order valence-corrected chi connectivity index (χ3v) is 1.97. The molecule has 3 nitrogen and oxygen atoms in total. The van der Waals surface area contributed by atoms with Crippen LogP contribution in [0.25, 0.3) is 0 Å². The van der Waals surface area contributed by atoms with Gasteiger partial charge in [-0.25, -0.2) is 4.79 Å². The Balaban J connectivity index is 2.38. The van der Waals surface area contributed by atoms with Gasteiger partial charge in [-0.1, -0.05) is 18.2 Å². The Hall–Kier alpha value is -1.51. The topological polar surface area (TPSA) is 35.5 Å². The molecule has 0 aliphatic carbocycles. The Bertz CT molecular complexity index is 333. The molecule has 0 radical (unpaired) electrons. The van der Waals surface area contributed by atoms with E-state index in [1.807, 2.05) is 25.1 Å². The van der Waals surface area contributed by atoms with Crippen LogP contribution < -0.4 is 4.74 Å². The molecule has 1 heterocycles. The molecule has 0 spiro atoms. The van der Waals surface area contributed by atoms with Crippen LogP contribution >= 0.6 is 0 Å². The van der Waals surface area contributed by atoms with E-state index in [1.54, 1.807) is 6.07 Å². The molecule has 68 valence electrons. The van der Waals surface area contributed by atoms with E-state index in [1.165, 1.54) is 0 Å². The lowest BCUT2D eigenvalue weighted by Gasteiger charge is -2.05. The first kappa shape index (κ1) is 8.10. The number of carbonyl (C=O) groups is 1. The van der Waals surface area contributed by atoms with Crippen LogP contribution in [0.3, 0.4) is 0 Å². The fraction of sp³-hybridized carbons (Fsp3) is 0.300. The molecule has 3 heteroatoms. The molecule has 0 saturated heterocycles. The number of hydrogen-bond donors (Lipinski definition) is 0. The maximum atomic E-state index is 11.0. The molecule has 1 aliphatic heterocycles. The fourth-order valence-corrected chi connectivity index (χ4v) is 1.40. The van der Waals surface area contributed by atoms with Crippen LogP contribution in [0.1, 0.15) is 12.5 Å². The lowest BCUT2D eigenvalue weighted by Crippen LogP contribution is -2.15. The summed E-state index contributed by atoms with van der Waals surface area (Å²) in [7, 11) is 0. The Labute approximate surface area is 76.3 Å². The first-order valence-corrected chi connectivity index (χ1v) is 4.22. The van der Waals surface area contributed by atoms with Gasteiger partial charge in [-0.2, -0.15) is 0 Å². The summed E-state index contributed by atoms with van der Waals surface area (Å²) in [4.78, 5) is 11.0. The molecule has 2 rings (SSSR count). The molecule has 1 atom stereocenters. The summed E-state index contributed by atoms with van der Waals surface area (Å²) in [5.74, 6) is 0.608. The van der Waals surface area contributed by atoms with Crippen molar-refractivity contribution >= 4 is 6.16 Å².